The zero-order valence-corrected chi connectivity index (χ0v) is 16.0. The van der Waals surface area contributed by atoms with Crippen molar-refractivity contribution in [2.45, 2.75) is 24.6 Å². The third kappa shape index (κ3) is 3.30. The molecule has 0 N–H and O–H groups in total. The first-order valence-electron chi connectivity index (χ1n) is 9.01. The van der Waals surface area contributed by atoms with Crippen LogP contribution in [0.1, 0.15) is 24.4 Å². The first-order valence-corrected chi connectivity index (χ1v) is 10.6. The first kappa shape index (κ1) is 17.9. The topological polar surface area (TPSA) is 77.2 Å². The van der Waals surface area contributed by atoms with Gasteiger partial charge in [-0.3, -0.25) is 9.13 Å². The number of fused-ring (bicyclic) bond motifs is 1. The van der Waals surface area contributed by atoms with Crippen LogP contribution in [0.25, 0.3) is 11.2 Å². The summed E-state index contributed by atoms with van der Waals surface area (Å²) >= 11 is 0. The molecule has 1 aromatic carbocycles. The van der Waals surface area contributed by atoms with Crippen molar-refractivity contribution in [3.05, 3.63) is 64.7 Å². The molecule has 0 aliphatic carbocycles. The Balaban J connectivity index is 1.64. The van der Waals surface area contributed by atoms with E-state index < -0.39 is 10.0 Å². The fourth-order valence-electron chi connectivity index (χ4n) is 3.78. The minimum Gasteiger partial charge on any atom is -0.293 e. The number of hydrogen-bond donors (Lipinski definition) is 0. The van der Waals surface area contributed by atoms with Crippen molar-refractivity contribution in [3.63, 3.8) is 0 Å². The molecule has 0 amide bonds. The predicted molar refractivity (Wildman–Crippen MR) is 104 cm³/mol. The van der Waals surface area contributed by atoms with Gasteiger partial charge in [0.1, 0.15) is 0 Å². The van der Waals surface area contributed by atoms with Gasteiger partial charge in [0.2, 0.25) is 10.0 Å². The Morgan fingerprint density at radius 3 is 2.70 bits per heavy atom. The summed E-state index contributed by atoms with van der Waals surface area (Å²) in [7, 11) is -1.73. The fourth-order valence-corrected chi connectivity index (χ4v) is 5.38. The van der Waals surface area contributed by atoms with Crippen LogP contribution in [0.4, 0.5) is 0 Å². The molecule has 3 aromatic rings. The van der Waals surface area contributed by atoms with Crippen LogP contribution >= 0.6 is 0 Å². The Morgan fingerprint density at radius 1 is 1.15 bits per heavy atom. The number of imidazole rings is 1. The van der Waals surface area contributed by atoms with E-state index in [9.17, 15) is 13.2 Å². The molecule has 27 heavy (non-hydrogen) atoms. The highest BCUT2D eigenvalue weighted by molar-refractivity contribution is 7.88. The van der Waals surface area contributed by atoms with Crippen LogP contribution in [-0.4, -0.2) is 39.9 Å². The van der Waals surface area contributed by atoms with Crippen molar-refractivity contribution >= 4 is 21.2 Å². The maximum Gasteiger partial charge on any atom is 0.330 e. The number of benzene rings is 1. The molecule has 1 atom stereocenters. The van der Waals surface area contributed by atoms with Crippen molar-refractivity contribution in [1.29, 1.82) is 0 Å². The summed E-state index contributed by atoms with van der Waals surface area (Å²) in [5, 5.41) is 0. The minimum absolute atomic E-state index is 0.0246. The molecule has 4 rings (SSSR count). The van der Waals surface area contributed by atoms with Gasteiger partial charge < -0.3 is 0 Å². The van der Waals surface area contributed by atoms with Crippen LogP contribution in [-0.2, 0) is 22.8 Å². The summed E-state index contributed by atoms with van der Waals surface area (Å²) in [5.74, 6) is -0.0246. The normalized spacial score (nSPS) is 18.8. The van der Waals surface area contributed by atoms with Crippen molar-refractivity contribution < 1.29 is 8.42 Å². The molecule has 0 spiro atoms. The van der Waals surface area contributed by atoms with E-state index in [-0.39, 0.29) is 17.5 Å². The van der Waals surface area contributed by atoms with E-state index in [1.54, 1.807) is 28.4 Å². The Hall–Kier alpha value is -2.45. The Kier molecular flexibility index (Phi) is 4.61. The Bertz CT molecular complexity index is 1120. The standard InChI is InChI=1S/C19H22N4O3S/c1-21-17-10-5-11-20-18(17)23(19(21)24)16-9-6-12-22(13-16)27(25,26)14-15-7-3-2-4-8-15/h2-5,7-8,10-11,16H,6,9,12-14H2,1H3/t16-/m0/s1. The van der Waals surface area contributed by atoms with Gasteiger partial charge >= 0.3 is 5.69 Å². The van der Waals surface area contributed by atoms with Crippen molar-refractivity contribution in [2.75, 3.05) is 13.1 Å². The number of aromatic nitrogens is 3. The summed E-state index contributed by atoms with van der Waals surface area (Å²) in [5.41, 5.74) is 1.98. The number of sulfonamides is 1. The maximum atomic E-state index is 12.9. The van der Waals surface area contributed by atoms with E-state index in [0.29, 0.717) is 25.2 Å². The molecule has 2 aromatic heterocycles. The van der Waals surface area contributed by atoms with Gasteiger partial charge in [0.05, 0.1) is 17.3 Å². The first-order chi connectivity index (χ1) is 13.0. The molecule has 1 aliphatic heterocycles. The molecule has 8 heteroatoms. The minimum atomic E-state index is -3.45. The number of pyridine rings is 1. The lowest BCUT2D eigenvalue weighted by atomic mass is 10.1. The van der Waals surface area contributed by atoms with Crippen LogP contribution in [0.15, 0.2) is 53.5 Å². The molecule has 142 valence electrons. The monoisotopic (exact) mass is 386 g/mol. The second-order valence-electron chi connectivity index (χ2n) is 6.95. The van der Waals surface area contributed by atoms with Gasteiger partial charge in [-0.1, -0.05) is 30.3 Å². The quantitative estimate of drug-likeness (QED) is 0.686. The van der Waals surface area contributed by atoms with E-state index in [1.165, 1.54) is 4.31 Å². The number of nitrogens with zero attached hydrogens (tertiary/aromatic N) is 4. The lowest BCUT2D eigenvalue weighted by Crippen LogP contribution is -2.43. The van der Waals surface area contributed by atoms with Gasteiger partial charge in [-0.25, -0.2) is 18.2 Å². The van der Waals surface area contributed by atoms with Crippen molar-refractivity contribution in [1.82, 2.24) is 18.4 Å². The van der Waals surface area contributed by atoms with Crippen LogP contribution in [0, 0.1) is 0 Å². The molecule has 0 bridgehead atoms. The average molecular weight is 386 g/mol. The van der Waals surface area contributed by atoms with Gasteiger partial charge in [0.25, 0.3) is 0 Å². The highest BCUT2D eigenvalue weighted by Crippen LogP contribution is 2.26. The summed E-state index contributed by atoms with van der Waals surface area (Å²) in [4.78, 5) is 17.1. The van der Waals surface area contributed by atoms with Crippen LogP contribution < -0.4 is 5.69 Å². The van der Waals surface area contributed by atoms with Crippen molar-refractivity contribution in [2.24, 2.45) is 7.05 Å². The van der Waals surface area contributed by atoms with Gasteiger partial charge in [0, 0.05) is 26.3 Å². The summed E-state index contributed by atoms with van der Waals surface area (Å²) < 4.78 is 30.5. The maximum absolute atomic E-state index is 12.9. The second-order valence-corrected chi connectivity index (χ2v) is 8.92. The largest absolute Gasteiger partial charge is 0.330 e. The average Bonchev–Trinajstić information content (AvgIpc) is 2.93. The Labute approximate surface area is 157 Å². The highest BCUT2D eigenvalue weighted by Gasteiger charge is 2.32. The third-order valence-electron chi connectivity index (χ3n) is 5.16. The number of hydrogen-bond acceptors (Lipinski definition) is 4. The third-order valence-corrected chi connectivity index (χ3v) is 6.97. The van der Waals surface area contributed by atoms with Crippen LogP contribution in [0.2, 0.25) is 0 Å². The lowest BCUT2D eigenvalue weighted by molar-refractivity contribution is 0.265. The molecule has 7 nitrogen and oxygen atoms in total. The molecular weight excluding hydrogens is 364 g/mol. The second kappa shape index (κ2) is 6.94. The van der Waals surface area contributed by atoms with E-state index in [4.69, 9.17) is 0 Å². The van der Waals surface area contributed by atoms with Gasteiger partial charge in [-0.05, 0) is 30.5 Å². The van der Waals surface area contributed by atoms with Gasteiger partial charge in [0.15, 0.2) is 5.65 Å². The number of rotatable bonds is 4. The van der Waals surface area contributed by atoms with Gasteiger partial charge in [-0.2, -0.15) is 4.31 Å². The van der Waals surface area contributed by atoms with E-state index >= 15 is 0 Å². The van der Waals surface area contributed by atoms with Crippen LogP contribution in [0.3, 0.4) is 0 Å². The molecule has 0 saturated carbocycles. The molecular formula is C19H22N4O3S. The molecule has 1 aliphatic rings. The van der Waals surface area contributed by atoms with Crippen LogP contribution in [0.5, 0.6) is 0 Å². The summed E-state index contributed by atoms with van der Waals surface area (Å²) in [6.07, 6.45) is 3.13. The summed E-state index contributed by atoms with van der Waals surface area (Å²) in [6, 6.07) is 12.6. The SMILES string of the molecule is Cn1c(=O)n([C@H]2CCCN(S(=O)(=O)Cc3ccccc3)C2)c2ncccc21. The zero-order chi connectivity index (χ0) is 19.0. The molecule has 1 fully saturated rings. The molecule has 3 heterocycles. The smallest absolute Gasteiger partial charge is 0.293 e. The van der Waals surface area contributed by atoms with E-state index in [1.807, 2.05) is 36.4 Å². The molecule has 0 radical (unpaired) electrons. The number of piperidine rings is 1. The van der Waals surface area contributed by atoms with E-state index in [0.717, 1.165) is 17.5 Å². The highest BCUT2D eigenvalue weighted by atomic mass is 32.2. The fraction of sp³-hybridized carbons (Fsp3) is 0.368. The summed E-state index contributed by atoms with van der Waals surface area (Å²) in [6.45, 7) is 0.781. The predicted octanol–water partition coefficient (Wildman–Crippen LogP) is 1.90. The molecule has 1 saturated heterocycles. The van der Waals surface area contributed by atoms with Gasteiger partial charge in [-0.15, -0.1) is 0 Å². The lowest BCUT2D eigenvalue weighted by Gasteiger charge is -2.32. The Morgan fingerprint density at radius 2 is 1.93 bits per heavy atom. The van der Waals surface area contributed by atoms with E-state index in [2.05, 4.69) is 4.98 Å². The zero-order valence-electron chi connectivity index (χ0n) is 15.2. The van der Waals surface area contributed by atoms with Crippen molar-refractivity contribution in [3.8, 4) is 0 Å². The number of aryl methyl sites for hydroxylation is 1. The molecule has 0 unspecified atom stereocenters.